The van der Waals surface area contributed by atoms with Crippen LogP contribution in [0.5, 0.6) is 0 Å². The fraction of sp³-hybridized carbons (Fsp3) is 0.500. The zero-order valence-corrected chi connectivity index (χ0v) is 11.7. The maximum atomic E-state index is 11.3. The highest BCUT2D eigenvalue weighted by molar-refractivity contribution is 9.10. The lowest BCUT2D eigenvalue weighted by atomic mass is 9.96. The van der Waals surface area contributed by atoms with E-state index in [0.717, 1.165) is 10.0 Å². The van der Waals surface area contributed by atoms with Crippen LogP contribution in [0.3, 0.4) is 0 Å². The van der Waals surface area contributed by atoms with Gasteiger partial charge in [-0.1, -0.05) is 28.1 Å². The molecule has 1 N–H and O–H groups in total. The molecule has 0 spiro atoms. The van der Waals surface area contributed by atoms with Crippen LogP contribution in [0.4, 0.5) is 0 Å². The summed E-state index contributed by atoms with van der Waals surface area (Å²) in [5.41, 5.74) is 1.02. The highest BCUT2D eigenvalue weighted by atomic mass is 79.9. The molecule has 5 heteroatoms. The minimum absolute atomic E-state index is 0.112. The number of halogens is 1. The molecule has 1 aliphatic rings. The van der Waals surface area contributed by atoms with Gasteiger partial charge in [0.25, 0.3) is 0 Å². The van der Waals surface area contributed by atoms with E-state index in [4.69, 9.17) is 0 Å². The van der Waals surface area contributed by atoms with Crippen LogP contribution >= 0.6 is 15.9 Å². The van der Waals surface area contributed by atoms with Gasteiger partial charge in [0, 0.05) is 10.4 Å². The molecular weight excluding hydrogens is 304 g/mol. The van der Waals surface area contributed by atoms with Crippen molar-refractivity contribution in [1.82, 2.24) is 0 Å². The number of aliphatic hydroxyl groups is 1. The van der Waals surface area contributed by atoms with Crippen LogP contribution in [0.1, 0.15) is 12.0 Å². The largest absolute Gasteiger partial charge is 0.392 e. The first kappa shape index (κ1) is 13.1. The van der Waals surface area contributed by atoms with Crippen molar-refractivity contribution < 1.29 is 13.5 Å². The maximum absolute atomic E-state index is 11.3. The lowest BCUT2D eigenvalue weighted by Crippen LogP contribution is -2.23. The van der Waals surface area contributed by atoms with Crippen LogP contribution in [-0.4, -0.2) is 31.1 Å². The van der Waals surface area contributed by atoms with Gasteiger partial charge in [0.15, 0.2) is 9.84 Å². The summed E-state index contributed by atoms with van der Waals surface area (Å²) in [5, 5.41) is 10.0. The molecule has 3 nitrogen and oxygen atoms in total. The van der Waals surface area contributed by atoms with E-state index in [1.165, 1.54) is 0 Å². The van der Waals surface area contributed by atoms with Gasteiger partial charge in [-0.15, -0.1) is 0 Å². The van der Waals surface area contributed by atoms with Crippen LogP contribution < -0.4 is 0 Å². The summed E-state index contributed by atoms with van der Waals surface area (Å²) in [6.07, 6.45) is 0.526. The Morgan fingerprint density at radius 1 is 1.47 bits per heavy atom. The predicted molar refractivity (Wildman–Crippen MR) is 70.6 cm³/mol. The molecule has 1 aromatic rings. The summed E-state index contributed by atoms with van der Waals surface area (Å²) in [6, 6.07) is 7.73. The summed E-state index contributed by atoms with van der Waals surface area (Å²) >= 11 is 3.38. The van der Waals surface area contributed by atoms with Gasteiger partial charge < -0.3 is 5.11 Å². The molecule has 94 valence electrons. The first-order valence-electron chi connectivity index (χ1n) is 5.59. The van der Waals surface area contributed by atoms with Gasteiger partial charge in [-0.25, -0.2) is 8.42 Å². The molecule has 1 heterocycles. The molecule has 0 radical (unpaired) electrons. The van der Waals surface area contributed by atoms with Crippen LogP contribution in [0, 0.1) is 5.92 Å². The minimum Gasteiger partial charge on any atom is -0.392 e. The van der Waals surface area contributed by atoms with E-state index in [1.807, 2.05) is 24.3 Å². The van der Waals surface area contributed by atoms with Crippen molar-refractivity contribution in [3.8, 4) is 0 Å². The third kappa shape index (κ3) is 3.53. The quantitative estimate of drug-likeness (QED) is 0.924. The zero-order chi connectivity index (χ0) is 12.5. The Morgan fingerprint density at radius 3 is 2.82 bits per heavy atom. The molecule has 1 saturated heterocycles. The van der Waals surface area contributed by atoms with Crippen LogP contribution in [-0.2, 0) is 16.3 Å². The van der Waals surface area contributed by atoms with Crippen molar-refractivity contribution in [3.05, 3.63) is 34.3 Å². The molecular formula is C12H15BrO3S. The normalized spacial score (nSPS) is 24.7. The second-order valence-electron chi connectivity index (χ2n) is 4.56. The van der Waals surface area contributed by atoms with Crippen molar-refractivity contribution >= 4 is 25.8 Å². The van der Waals surface area contributed by atoms with Gasteiger partial charge in [0.2, 0.25) is 0 Å². The van der Waals surface area contributed by atoms with E-state index in [1.54, 1.807) is 0 Å². The van der Waals surface area contributed by atoms with E-state index < -0.39 is 15.9 Å². The highest BCUT2D eigenvalue weighted by Gasteiger charge is 2.32. The third-order valence-corrected chi connectivity index (χ3v) is 5.43. The number of sulfone groups is 1. The van der Waals surface area contributed by atoms with E-state index in [0.29, 0.717) is 12.8 Å². The monoisotopic (exact) mass is 318 g/mol. The van der Waals surface area contributed by atoms with E-state index in [2.05, 4.69) is 15.9 Å². The lowest BCUT2D eigenvalue weighted by Gasteiger charge is -2.16. The molecule has 1 aliphatic heterocycles. The smallest absolute Gasteiger partial charge is 0.150 e. The summed E-state index contributed by atoms with van der Waals surface area (Å²) in [7, 11) is -2.91. The van der Waals surface area contributed by atoms with E-state index in [-0.39, 0.29) is 17.4 Å². The van der Waals surface area contributed by atoms with Crippen molar-refractivity contribution in [3.63, 3.8) is 0 Å². The van der Waals surface area contributed by atoms with Gasteiger partial charge in [0.05, 0.1) is 17.6 Å². The first-order chi connectivity index (χ1) is 7.96. The molecule has 0 bridgehead atoms. The Balaban J connectivity index is 2.00. The summed E-state index contributed by atoms with van der Waals surface area (Å²) in [4.78, 5) is 0. The van der Waals surface area contributed by atoms with Gasteiger partial charge >= 0.3 is 0 Å². The number of hydrogen-bond acceptors (Lipinski definition) is 3. The molecule has 0 saturated carbocycles. The Hall–Kier alpha value is -0.390. The molecule has 17 heavy (non-hydrogen) atoms. The summed E-state index contributed by atoms with van der Waals surface area (Å²) in [6.45, 7) is 0. The number of hydrogen-bond donors (Lipinski definition) is 1. The minimum atomic E-state index is -2.91. The topological polar surface area (TPSA) is 54.4 Å². The van der Waals surface area contributed by atoms with Crippen molar-refractivity contribution in [2.24, 2.45) is 5.92 Å². The van der Waals surface area contributed by atoms with Crippen molar-refractivity contribution in [2.45, 2.75) is 18.9 Å². The Labute approximate surface area is 110 Å². The Morgan fingerprint density at radius 2 is 2.24 bits per heavy atom. The molecule has 0 amide bonds. The predicted octanol–water partition coefficient (Wildman–Crippen LogP) is 1.79. The molecule has 1 aromatic carbocycles. The van der Waals surface area contributed by atoms with Gasteiger partial charge in [-0.05, 0) is 30.5 Å². The van der Waals surface area contributed by atoms with Gasteiger partial charge in [-0.2, -0.15) is 0 Å². The van der Waals surface area contributed by atoms with Crippen molar-refractivity contribution in [2.75, 3.05) is 11.5 Å². The Kier molecular flexibility index (Phi) is 3.90. The summed E-state index contributed by atoms with van der Waals surface area (Å²) in [5.74, 6) is 0.231. The van der Waals surface area contributed by atoms with Crippen LogP contribution in [0.25, 0.3) is 0 Å². The number of rotatable bonds is 3. The standard InChI is InChI=1S/C12H15BrO3S/c13-11-3-1-2-9(6-11)7-12(14)10-4-5-17(15,16)8-10/h1-3,6,10,12,14H,4-5,7-8H2. The fourth-order valence-corrected chi connectivity index (χ4v) is 4.52. The molecule has 0 aromatic heterocycles. The second-order valence-corrected chi connectivity index (χ2v) is 7.71. The van der Waals surface area contributed by atoms with Crippen LogP contribution in [0.15, 0.2) is 28.7 Å². The van der Waals surface area contributed by atoms with E-state index in [9.17, 15) is 13.5 Å². The average Bonchev–Trinajstić information content (AvgIpc) is 2.59. The molecule has 1 fully saturated rings. The fourth-order valence-electron chi connectivity index (χ4n) is 2.20. The lowest BCUT2D eigenvalue weighted by molar-refractivity contribution is 0.120. The van der Waals surface area contributed by atoms with Crippen LogP contribution in [0.2, 0.25) is 0 Å². The zero-order valence-electron chi connectivity index (χ0n) is 9.34. The number of benzene rings is 1. The Bertz CT molecular complexity index is 498. The molecule has 0 aliphatic carbocycles. The first-order valence-corrected chi connectivity index (χ1v) is 8.21. The SMILES string of the molecule is O=S1(=O)CCC(C(O)Cc2cccc(Br)c2)C1. The van der Waals surface area contributed by atoms with Gasteiger partial charge in [-0.3, -0.25) is 0 Å². The summed E-state index contributed by atoms with van der Waals surface area (Å²) < 4.78 is 23.6. The molecule has 2 atom stereocenters. The maximum Gasteiger partial charge on any atom is 0.150 e. The van der Waals surface area contributed by atoms with E-state index >= 15 is 0 Å². The molecule has 2 unspecified atom stereocenters. The third-order valence-electron chi connectivity index (χ3n) is 3.15. The highest BCUT2D eigenvalue weighted by Crippen LogP contribution is 2.24. The average molecular weight is 319 g/mol. The van der Waals surface area contributed by atoms with Gasteiger partial charge in [0.1, 0.15) is 0 Å². The molecule has 2 rings (SSSR count). The number of aliphatic hydroxyl groups excluding tert-OH is 1. The van der Waals surface area contributed by atoms with Crippen molar-refractivity contribution in [1.29, 1.82) is 0 Å². The second kappa shape index (κ2) is 5.08.